The van der Waals surface area contributed by atoms with Gasteiger partial charge < -0.3 is 19.7 Å². The molecule has 0 aliphatic carbocycles. The molecule has 1 aliphatic heterocycles. The van der Waals surface area contributed by atoms with Crippen molar-refractivity contribution in [2.45, 2.75) is 33.6 Å². The first-order valence-electron chi connectivity index (χ1n) is 9.00. The van der Waals surface area contributed by atoms with Crippen molar-refractivity contribution in [3.05, 3.63) is 23.8 Å². The highest BCUT2D eigenvalue weighted by atomic mass is 16.5. The molecule has 0 unspecified atom stereocenters. The fourth-order valence-corrected chi connectivity index (χ4v) is 2.82. The van der Waals surface area contributed by atoms with Crippen molar-refractivity contribution in [1.29, 1.82) is 0 Å². The molecule has 6 nitrogen and oxygen atoms in total. The van der Waals surface area contributed by atoms with Crippen molar-refractivity contribution in [3.63, 3.8) is 0 Å². The topological polar surface area (TPSA) is 67.9 Å². The smallest absolute Gasteiger partial charge is 0.251 e. The van der Waals surface area contributed by atoms with Gasteiger partial charge in [0.25, 0.3) is 5.91 Å². The summed E-state index contributed by atoms with van der Waals surface area (Å²) < 4.78 is 11.0. The van der Waals surface area contributed by atoms with E-state index in [1.807, 2.05) is 18.7 Å². The molecular weight excluding hydrogens is 320 g/mol. The molecule has 25 heavy (non-hydrogen) atoms. The molecule has 2 rings (SSSR count). The Morgan fingerprint density at radius 1 is 1.12 bits per heavy atom. The minimum Gasteiger partial charge on any atom is -0.490 e. The van der Waals surface area contributed by atoms with E-state index in [-0.39, 0.29) is 18.4 Å². The van der Waals surface area contributed by atoms with Crippen LogP contribution in [0.3, 0.4) is 0 Å². The molecule has 2 amide bonds. The Balaban J connectivity index is 1.93. The zero-order valence-corrected chi connectivity index (χ0v) is 15.3. The number of nitrogens with zero attached hydrogens (tertiary/aromatic N) is 1. The highest BCUT2D eigenvalue weighted by Gasteiger charge is 2.21. The number of hydrogen-bond acceptors (Lipinski definition) is 4. The lowest BCUT2D eigenvalue weighted by molar-refractivity contribution is -0.131. The number of carbonyl (C=O) groups is 2. The molecule has 0 bridgehead atoms. The molecular formula is C19H28N2O4. The Labute approximate surface area is 149 Å². The van der Waals surface area contributed by atoms with E-state index >= 15 is 0 Å². The van der Waals surface area contributed by atoms with Crippen LogP contribution in [0.15, 0.2) is 18.2 Å². The highest BCUT2D eigenvalue weighted by molar-refractivity contribution is 5.97. The van der Waals surface area contributed by atoms with Crippen LogP contribution in [-0.4, -0.2) is 49.6 Å². The molecule has 1 N–H and O–H groups in total. The van der Waals surface area contributed by atoms with Crippen LogP contribution < -0.4 is 14.8 Å². The molecule has 0 atom stereocenters. The van der Waals surface area contributed by atoms with Gasteiger partial charge in [-0.3, -0.25) is 9.59 Å². The van der Waals surface area contributed by atoms with Crippen molar-refractivity contribution in [1.82, 2.24) is 10.2 Å². The van der Waals surface area contributed by atoms with Crippen LogP contribution in [0.4, 0.5) is 0 Å². The van der Waals surface area contributed by atoms with Gasteiger partial charge in [0.15, 0.2) is 11.5 Å². The van der Waals surface area contributed by atoms with Crippen LogP contribution in [0, 0.1) is 5.92 Å². The fraction of sp³-hybridized carbons (Fsp3) is 0.579. The Morgan fingerprint density at radius 2 is 1.76 bits per heavy atom. The number of amides is 2. The number of benzene rings is 1. The zero-order valence-electron chi connectivity index (χ0n) is 15.3. The largest absolute Gasteiger partial charge is 0.490 e. The maximum atomic E-state index is 12.3. The molecule has 1 aromatic rings. The molecule has 0 spiro atoms. The first-order chi connectivity index (χ1) is 12.0. The summed E-state index contributed by atoms with van der Waals surface area (Å²) in [6.45, 7) is 8.53. The molecule has 0 radical (unpaired) electrons. The monoisotopic (exact) mass is 348 g/mol. The molecule has 0 aromatic heterocycles. The van der Waals surface area contributed by atoms with Crippen LogP contribution in [0.1, 0.15) is 44.0 Å². The summed E-state index contributed by atoms with van der Waals surface area (Å²) in [4.78, 5) is 26.4. The molecule has 0 saturated carbocycles. The van der Waals surface area contributed by atoms with Gasteiger partial charge in [-0.25, -0.2) is 0 Å². The number of piperidine rings is 1. The summed E-state index contributed by atoms with van der Waals surface area (Å²) in [6, 6.07) is 5.05. The predicted octanol–water partition coefficient (Wildman–Crippen LogP) is 2.47. The normalized spacial score (nSPS) is 14.9. The molecule has 6 heteroatoms. The van der Waals surface area contributed by atoms with Crippen molar-refractivity contribution < 1.29 is 19.1 Å². The summed E-state index contributed by atoms with van der Waals surface area (Å²) in [7, 11) is 0. The van der Waals surface area contributed by atoms with Crippen molar-refractivity contribution in [2.75, 3.05) is 32.8 Å². The predicted molar refractivity (Wildman–Crippen MR) is 96.1 cm³/mol. The van der Waals surface area contributed by atoms with Gasteiger partial charge in [0.1, 0.15) is 0 Å². The summed E-state index contributed by atoms with van der Waals surface area (Å²) in [5.41, 5.74) is 0.451. The van der Waals surface area contributed by atoms with Crippen molar-refractivity contribution in [3.8, 4) is 11.5 Å². The maximum Gasteiger partial charge on any atom is 0.251 e. The third kappa shape index (κ3) is 5.37. The molecule has 1 aromatic carbocycles. The van der Waals surface area contributed by atoms with E-state index in [0.29, 0.717) is 36.2 Å². The second-order valence-corrected chi connectivity index (χ2v) is 6.27. The van der Waals surface area contributed by atoms with Crippen LogP contribution in [0.5, 0.6) is 11.5 Å². The average Bonchev–Trinajstić information content (AvgIpc) is 2.62. The zero-order chi connectivity index (χ0) is 18.2. The van der Waals surface area contributed by atoms with Gasteiger partial charge in [-0.05, 0) is 50.8 Å². The lowest BCUT2D eigenvalue weighted by Gasteiger charge is -2.30. The second kappa shape index (κ2) is 9.30. The van der Waals surface area contributed by atoms with E-state index < -0.39 is 0 Å². The molecule has 1 aliphatic rings. The van der Waals surface area contributed by atoms with Gasteiger partial charge in [-0.15, -0.1) is 0 Å². The summed E-state index contributed by atoms with van der Waals surface area (Å²) in [5, 5.41) is 2.70. The average molecular weight is 348 g/mol. The summed E-state index contributed by atoms with van der Waals surface area (Å²) in [6.07, 6.45) is 2.05. The minimum atomic E-state index is -0.289. The summed E-state index contributed by atoms with van der Waals surface area (Å²) in [5.74, 6) is 1.49. The lowest BCUT2D eigenvalue weighted by atomic mass is 9.99. The second-order valence-electron chi connectivity index (χ2n) is 6.27. The number of ether oxygens (including phenoxy) is 2. The Bertz CT molecular complexity index is 595. The molecule has 1 heterocycles. The van der Waals surface area contributed by atoms with Crippen LogP contribution >= 0.6 is 0 Å². The van der Waals surface area contributed by atoms with E-state index in [1.165, 1.54) is 0 Å². The van der Waals surface area contributed by atoms with E-state index in [4.69, 9.17) is 9.47 Å². The molecule has 138 valence electrons. The van der Waals surface area contributed by atoms with Crippen LogP contribution in [0.25, 0.3) is 0 Å². The number of carbonyl (C=O) groups excluding carboxylic acids is 2. The highest BCUT2D eigenvalue weighted by Crippen LogP contribution is 2.28. The number of likely N-dealkylation sites (tertiary alicyclic amines) is 1. The molecule has 1 saturated heterocycles. The van der Waals surface area contributed by atoms with E-state index in [1.54, 1.807) is 18.2 Å². The Morgan fingerprint density at radius 3 is 2.40 bits per heavy atom. The van der Waals surface area contributed by atoms with Crippen molar-refractivity contribution in [2.24, 2.45) is 5.92 Å². The van der Waals surface area contributed by atoms with Gasteiger partial charge in [0.2, 0.25) is 5.91 Å². The standard InChI is InChI=1S/C19H28N2O4/c1-4-24-16-7-6-15(12-17(16)25-5-2)19(23)20-13-18(22)21-10-8-14(3)9-11-21/h6-7,12,14H,4-5,8-11,13H2,1-3H3,(H,20,23). The van der Waals surface area contributed by atoms with Crippen LogP contribution in [0.2, 0.25) is 0 Å². The number of rotatable bonds is 7. The van der Waals surface area contributed by atoms with Gasteiger partial charge in [0, 0.05) is 18.7 Å². The van der Waals surface area contributed by atoms with Crippen LogP contribution in [-0.2, 0) is 4.79 Å². The third-order valence-corrected chi connectivity index (χ3v) is 4.34. The van der Waals surface area contributed by atoms with Gasteiger partial charge in [0.05, 0.1) is 19.8 Å². The number of hydrogen-bond donors (Lipinski definition) is 1. The van der Waals surface area contributed by atoms with Gasteiger partial charge in [-0.2, -0.15) is 0 Å². The summed E-state index contributed by atoms with van der Waals surface area (Å²) >= 11 is 0. The minimum absolute atomic E-state index is 0.0182. The quantitative estimate of drug-likeness (QED) is 0.822. The lowest BCUT2D eigenvalue weighted by Crippen LogP contribution is -2.43. The maximum absolute atomic E-state index is 12.3. The van der Waals surface area contributed by atoms with E-state index in [0.717, 1.165) is 25.9 Å². The van der Waals surface area contributed by atoms with E-state index in [2.05, 4.69) is 12.2 Å². The van der Waals surface area contributed by atoms with Gasteiger partial charge >= 0.3 is 0 Å². The first-order valence-corrected chi connectivity index (χ1v) is 9.00. The Hall–Kier alpha value is -2.24. The Kier molecular flexibility index (Phi) is 7.10. The number of nitrogens with one attached hydrogen (secondary N) is 1. The fourth-order valence-electron chi connectivity index (χ4n) is 2.82. The first kappa shape index (κ1) is 19.1. The van der Waals surface area contributed by atoms with Crippen molar-refractivity contribution >= 4 is 11.8 Å². The van der Waals surface area contributed by atoms with Gasteiger partial charge in [-0.1, -0.05) is 6.92 Å². The molecule has 1 fully saturated rings. The SMILES string of the molecule is CCOc1ccc(C(=O)NCC(=O)N2CCC(C)CC2)cc1OCC. The van der Waals surface area contributed by atoms with E-state index in [9.17, 15) is 9.59 Å². The third-order valence-electron chi connectivity index (χ3n) is 4.34.